The van der Waals surface area contributed by atoms with Crippen LogP contribution in [0.25, 0.3) is 0 Å². The van der Waals surface area contributed by atoms with E-state index in [1.165, 1.54) is 0 Å². The maximum atomic E-state index is 11.7. The summed E-state index contributed by atoms with van der Waals surface area (Å²) in [6.07, 6.45) is 5.77. The highest BCUT2D eigenvalue weighted by molar-refractivity contribution is 5.82. The van der Waals surface area contributed by atoms with Crippen molar-refractivity contribution < 1.29 is 9.53 Å². The van der Waals surface area contributed by atoms with E-state index in [0.29, 0.717) is 18.3 Å². The third-order valence-electron chi connectivity index (χ3n) is 3.07. The first-order valence-electron chi connectivity index (χ1n) is 5.05. The number of fused-ring (bicyclic) bond motifs is 1. The van der Waals surface area contributed by atoms with E-state index in [4.69, 9.17) is 11.2 Å². The Kier molecular flexibility index (Phi) is 2.47. The molecule has 2 rings (SSSR count). The van der Waals surface area contributed by atoms with Gasteiger partial charge in [-0.1, -0.05) is 0 Å². The van der Waals surface area contributed by atoms with Crippen LogP contribution >= 0.6 is 0 Å². The molecule has 1 aliphatic carbocycles. The average molecular weight is 193 g/mol. The van der Waals surface area contributed by atoms with Gasteiger partial charge in [0.05, 0.1) is 13.2 Å². The number of hydrogen-bond donors (Lipinski definition) is 1. The van der Waals surface area contributed by atoms with Crippen LogP contribution in [0.2, 0.25) is 0 Å². The SMILES string of the molecule is C#CCC(C)NC(=O)C1C2COCC21. The van der Waals surface area contributed by atoms with Gasteiger partial charge in [0.1, 0.15) is 0 Å². The molecule has 3 nitrogen and oxygen atoms in total. The molecule has 1 aliphatic heterocycles. The van der Waals surface area contributed by atoms with E-state index in [9.17, 15) is 4.79 Å². The fraction of sp³-hybridized carbons (Fsp3) is 0.727. The fourth-order valence-electron chi connectivity index (χ4n) is 2.20. The van der Waals surface area contributed by atoms with Crippen LogP contribution in [0.1, 0.15) is 13.3 Å². The molecule has 76 valence electrons. The van der Waals surface area contributed by atoms with Gasteiger partial charge >= 0.3 is 0 Å². The summed E-state index contributed by atoms with van der Waals surface area (Å²) in [7, 11) is 0. The molecule has 1 saturated carbocycles. The number of hydrogen-bond acceptors (Lipinski definition) is 2. The number of amides is 1. The van der Waals surface area contributed by atoms with Gasteiger partial charge in [-0.15, -0.1) is 12.3 Å². The van der Waals surface area contributed by atoms with Crippen LogP contribution < -0.4 is 5.32 Å². The topological polar surface area (TPSA) is 38.3 Å². The second-order valence-corrected chi connectivity index (χ2v) is 4.21. The molecule has 1 saturated heterocycles. The average Bonchev–Trinajstić information content (AvgIpc) is 2.61. The van der Waals surface area contributed by atoms with E-state index in [1.807, 2.05) is 6.92 Å². The number of nitrogens with one attached hydrogen (secondary N) is 1. The number of ether oxygens (including phenoxy) is 1. The zero-order chi connectivity index (χ0) is 10.1. The molecule has 0 radical (unpaired) electrons. The van der Waals surface area contributed by atoms with Crippen LogP contribution in [0.3, 0.4) is 0 Å². The predicted octanol–water partition coefficient (Wildman–Crippen LogP) is 0.407. The van der Waals surface area contributed by atoms with Gasteiger partial charge < -0.3 is 10.1 Å². The van der Waals surface area contributed by atoms with Crippen LogP contribution in [0.5, 0.6) is 0 Å². The normalized spacial score (nSPS) is 35.6. The first-order valence-corrected chi connectivity index (χ1v) is 5.05. The Bertz CT molecular complexity index is 272. The molecular weight excluding hydrogens is 178 g/mol. The van der Waals surface area contributed by atoms with Crippen molar-refractivity contribution in [2.75, 3.05) is 13.2 Å². The predicted molar refractivity (Wildman–Crippen MR) is 52.3 cm³/mol. The van der Waals surface area contributed by atoms with Crippen LogP contribution in [-0.2, 0) is 9.53 Å². The molecule has 0 aromatic heterocycles. The van der Waals surface area contributed by atoms with Crippen molar-refractivity contribution in [3.05, 3.63) is 0 Å². The van der Waals surface area contributed by atoms with Gasteiger partial charge in [-0.25, -0.2) is 0 Å². The minimum atomic E-state index is 0.0924. The highest BCUT2D eigenvalue weighted by Gasteiger charge is 2.57. The molecule has 0 spiro atoms. The zero-order valence-electron chi connectivity index (χ0n) is 8.32. The summed E-state index contributed by atoms with van der Waals surface area (Å²) in [6.45, 7) is 3.45. The Morgan fingerprint density at radius 1 is 1.64 bits per heavy atom. The van der Waals surface area contributed by atoms with E-state index in [-0.39, 0.29) is 17.9 Å². The van der Waals surface area contributed by atoms with Gasteiger partial charge in [-0.05, 0) is 18.8 Å². The van der Waals surface area contributed by atoms with E-state index in [2.05, 4.69) is 11.2 Å². The molecule has 1 amide bonds. The van der Waals surface area contributed by atoms with Crippen LogP contribution in [0.15, 0.2) is 0 Å². The van der Waals surface area contributed by atoms with Gasteiger partial charge in [-0.3, -0.25) is 4.79 Å². The molecule has 0 bridgehead atoms. The lowest BCUT2D eigenvalue weighted by molar-refractivity contribution is -0.124. The summed E-state index contributed by atoms with van der Waals surface area (Å²) >= 11 is 0. The first-order chi connectivity index (χ1) is 6.74. The summed E-state index contributed by atoms with van der Waals surface area (Å²) in [4.78, 5) is 11.7. The quantitative estimate of drug-likeness (QED) is 0.659. The van der Waals surface area contributed by atoms with E-state index in [0.717, 1.165) is 13.2 Å². The summed E-state index contributed by atoms with van der Waals surface area (Å²) < 4.78 is 5.23. The molecule has 0 aromatic carbocycles. The molecule has 1 heterocycles. The lowest BCUT2D eigenvalue weighted by atomic mass is 10.2. The van der Waals surface area contributed by atoms with Gasteiger partial charge in [0.25, 0.3) is 0 Å². The smallest absolute Gasteiger partial charge is 0.224 e. The molecule has 2 aliphatic rings. The molecule has 3 heteroatoms. The Hall–Kier alpha value is -1.01. The van der Waals surface area contributed by atoms with Crippen molar-refractivity contribution in [2.45, 2.75) is 19.4 Å². The third kappa shape index (κ3) is 1.62. The number of rotatable bonds is 3. The van der Waals surface area contributed by atoms with Crippen molar-refractivity contribution in [1.82, 2.24) is 5.32 Å². The standard InChI is InChI=1S/C11H15NO2/c1-3-4-7(2)12-11(13)10-8-5-14-6-9(8)10/h1,7-10H,4-6H2,2H3,(H,12,13). The lowest BCUT2D eigenvalue weighted by Crippen LogP contribution is -2.34. The van der Waals surface area contributed by atoms with Crippen molar-refractivity contribution in [2.24, 2.45) is 17.8 Å². The summed E-state index contributed by atoms with van der Waals surface area (Å²) in [5, 5.41) is 2.93. The van der Waals surface area contributed by atoms with E-state index >= 15 is 0 Å². The van der Waals surface area contributed by atoms with Crippen molar-refractivity contribution in [3.63, 3.8) is 0 Å². The highest BCUT2D eigenvalue weighted by atomic mass is 16.5. The van der Waals surface area contributed by atoms with Crippen molar-refractivity contribution in [3.8, 4) is 12.3 Å². The minimum Gasteiger partial charge on any atom is -0.381 e. The highest BCUT2D eigenvalue weighted by Crippen LogP contribution is 2.50. The first kappa shape index (κ1) is 9.54. The molecule has 3 unspecified atom stereocenters. The van der Waals surface area contributed by atoms with Gasteiger partial charge in [-0.2, -0.15) is 0 Å². The summed E-state index contributed by atoms with van der Waals surface area (Å²) in [5.74, 6) is 3.86. The molecule has 0 aromatic rings. The second kappa shape index (κ2) is 3.62. The number of terminal acetylenes is 1. The molecule has 2 fully saturated rings. The second-order valence-electron chi connectivity index (χ2n) is 4.21. The Labute approximate surface area is 84.2 Å². The largest absolute Gasteiger partial charge is 0.381 e. The third-order valence-corrected chi connectivity index (χ3v) is 3.07. The zero-order valence-corrected chi connectivity index (χ0v) is 8.32. The Morgan fingerprint density at radius 2 is 2.29 bits per heavy atom. The summed E-state index contributed by atoms with van der Waals surface area (Å²) in [5.41, 5.74) is 0. The Morgan fingerprint density at radius 3 is 2.86 bits per heavy atom. The van der Waals surface area contributed by atoms with Gasteiger partial charge in [0, 0.05) is 18.4 Å². The van der Waals surface area contributed by atoms with Crippen LogP contribution in [-0.4, -0.2) is 25.2 Å². The number of carbonyl (C=O) groups excluding carboxylic acids is 1. The minimum absolute atomic E-state index is 0.0924. The fourth-order valence-corrected chi connectivity index (χ4v) is 2.20. The van der Waals surface area contributed by atoms with E-state index < -0.39 is 0 Å². The van der Waals surface area contributed by atoms with Crippen LogP contribution in [0.4, 0.5) is 0 Å². The van der Waals surface area contributed by atoms with Gasteiger partial charge in [0.15, 0.2) is 0 Å². The molecule has 14 heavy (non-hydrogen) atoms. The summed E-state index contributed by atoms with van der Waals surface area (Å²) in [6, 6.07) is 0.0924. The maximum absolute atomic E-state index is 11.7. The molecule has 3 atom stereocenters. The van der Waals surface area contributed by atoms with Crippen LogP contribution in [0, 0.1) is 30.1 Å². The number of carbonyl (C=O) groups is 1. The molecular formula is C11H15NO2. The van der Waals surface area contributed by atoms with Gasteiger partial charge in [0.2, 0.25) is 5.91 Å². The molecule has 1 N–H and O–H groups in total. The monoisotopic (exact) mass is 193 g/mol. The lowest BCUT2D eigenvalue weighted by Gasteiger charge is -2.11. The Balaban J connectivity index is 1.78. The van der Waals surface area contributed by atoms with Crippen molar-refractivity contribution in [1.29, 1.82) is 0 Å². The van der Waals surface area contributed by atoms with Crippen molar-refractivity contribution >= 4 is 5.91 Å². The maximum Gasteiger partial charge on any atom is 0.224 e. The van der Waals surface area contributed by atoms with E-state index in [1.54, 1.807) is 0 Å².